The van der Waals surface area contributed by atoms with E-state index in [1.165, 1.54) is 37.8 Å². The lowest BCUT2D eigenvalue weighted by atomic mass is 9.77. The van der Waals surface area contributed by atoms with Gasteiger partial charge in [-0.15, -0.1) is 0 Å². The number of benzene rings is 1. The maximum absolute atomic E-state index is 12.8. The first-order valence-electron chi connectivity index (χ1n) is 7.87. The largest absolute Gasteiger partial charge is 0.461 e. The molecule has 0 saturated heterocycles. The molecule has 2 rings (SSSR count). The molecule has 1 aromatic rings. The minimum atomic E-state index is -4.44. The van der Waals surface area contributed by atoms with Crippen LogP contribution < -0.4 is 4.74 Å². The van der Waals surface area contributed by atoms with Gasteiger partial charge in [0, 0.05) is 0 Å². The Labute approximate surface area is 128 Å². The van der Waals surface area contributed by atoms with E-state index >= 15 is 0 Å². The summed E-state index contributed by atoms with van der Waals surface area (Å²) in [6.07, 6.45) is -1.22. The summed E-state index contributed by atoms with van der Waals surface area (Å²) in [7, 11) is 0. The van der Waals surface area contributed by atoms with Crippen LogP contribution in [0, 0.1) is 5.92 Å². The van der Waals surface area contributed by atoms with E-state index in [1.807, 2.05) is 0 Å². The van der Waals surface area contributed by atoms with Crippen LogP contribution in [0.15, 0.2) is 24.3 Å². The Morgan fingerprint density at radius 3 is 2.18 bits per heavy atom. The van der Waals surface area contributed by atoms with Gasteiger partial charge in [-0.1, -0.05) is 31.9 Å². The van der Waals surface area contributed by atoms with Gasteiger partial charge in [0.2, 0.25) is 0 Å². The third kappa shape index (κ3) is 4.37. The molecule has 1 nitrogen and oxygen atoms in total. The van der Waals surface area contributed by atoms with Crippen LogP contribution in [0.25, 0.3) is 0 Å². The molecule has 0 aliphatic heterocycles. The molecule has 1 fully saturated rings. The zero-order valence-corrected chi connectivity index (χ0v) is 12.7. The Kier molecular flexibility index (Phi) is 5.70. The highest BCUT2D eigenvalue weighted by atomic mass is 19.3. The zero-order valence-electron chi connectivity index (χ0n) is 12.7. The second-order valence-electron chi connectivity index (χ2n) is 6.04. The summed E-state index contributed by atoms with van der Waals surface area (Å²) >= 11 is 0. The fourth-order valence-corrected chi connectivity index (χ4v) is 3.20. The van der Waals surface area contributed by atoms with Crippen molar-refractivity contribution in [2.24, 2.45) is 5.92 Å². The van der Waals surface area contributed by atoms with Crippen LogP contribution in [0.2, 0.25) is 0 Å². The average Bonchev–Trinajstić information content (AvgIpc) is 2.49. The molecule has 0 aromatic heterocycles. The van der Waals surface area contributed by atoms with E-state index in [0.717, 1.165) is 24.3 Å². The number of hydrogen-bond acceptors (Lipinski definition) is 1. The normalized spacial score (nSPS) is 22.8. The Morgan fingerprint density at radius 1 is 1.09 bits per heavy atom. The highest BCUT2D eigenvalue weighted by Gasteiger charge is 2.43. The molecule has 0 unspecified atom stereocenters. The minimum Gasteiger partial charge on any atom is -0.428 e. The van der Waals surface area contributed by atoms with Crippen molar-refractivity contribution in [2.45, 2.75) is 63.9 Å². The average molecular weight is 318 g/mol. The molecule has 0 bridgehead atoms. The first-order chi connectivity index (χ1) is 10.4. The van der Waals surface area contributed by atoms with Crippen molar-refractivity contribution in [3.8, 4) is 5.75 Å². The summed E-state index contributed by atoms with van der Waals surface area (Å²) in [4.78, 5) is 0. The first-order valence-corrected chi connectivity index (χ1v) is 7.87. The summed E-state index contributed by atoms with van der Waals surface area (Å²) in [6.45, 7) is 2.19. The molecule has 5 heteroatoms. The Balaban J connectivity index is 1.93. The topological polar surface area (TPSA) is 9.23 Å². The number of ether oxygens (including phenoxy) is 1. The van der Waals surface area contributed by atoms with Crippen LogP contribution in [0.5, 0.6) is 5.75 Å². The highest BCUT2D eigenvalue weighted by molar-refractivity contribution is 5.30. The fraction of sp³-hybridized carbons (Fsp3) is 0.647. The maximum Gasteiger partial charge on any atom is 0.461 e. The van der Waals surface area contributed by atoms with E-state index in [4.69, 9.17) is 0 Å². The lowest BCUT2D eigenvalue weighted by Gasteiger charge is -2.28. The van der Waals surface area contributed by atoms with Crippen LogP contribution in [0.4, 0.5) is 17.6 Å². The van der Waals surface area contributed by atoms with Crippen molar-refractivity contribution in [3.05, 3.63) is 29.8 Å². The second kappa shape index (κ2) is 7.34. The van der Waals surface area contributed by atoms with Crippen molar-refractivity contribution >= 4 is 0 Å². The van der Waals surface area contributed by atoms with E-state index in [2.05, 4.69) is 11.7 Å². The van der Waals surface area contributed by atoms with Gasteiger partial charge in [0.05, 0.1) is 0 Å². The van der Waals surface area contributed by atoms with Crippen LogP contribution in [-0.4, -0.2) is 12.5 Å². The summed E-state index contributed by atoms with van der Waals surface area (Å²) in [5.41, 5.74) is 1.07. The molecule has 22 heavy (non-hydrogen) atoms. The maximum atomic E-state index is 12.8. The van der Waals surface area contributed by atoms with Crippen LogP contribution >= 0.6 is 0 Å². The minimum absolute atomic E-state index is 0.228. The first kappa shape index (κ1) is 17.1. The number of halogens is 4. The zero-order chi connectivity index (χ0) is 16.2. The van der Waals surface area contributed by atoms with Gasteiger partial charge in [-0.25, -0.2) is 0 Å². The SMILES string of the molecule is CCCC1CCC(c2ccc(OC(F)(F)C(F)F)cc2)CC1. The quantitative estimate of drug-likeness (QED) is 0.585. The molecule has 0 atom stereocenters. The smallest absolute Gasteiger partial charge is 0.428 e. The summed E-state index contributed by atoms with van der Waals surface area (Å²) < 4.78 is 53.9. The van der Waals surface area contributed by atoms with Crippen molar-refractivity contribution in [2.75, 3.05) is 0 Å². The fourth-order valence-electron chi connectivity index (χ4n) is 3.20. The van der Waals surface area contributed by atoms with Crippen molar-refractivity contribution < 1.29 is 22.3 Å². The van der Waals surface area contributed by atoms with E-state index in [1.54, 1.807) is 12.1 Å². The number of hydrogen-bond donors (Lipinski definition) is 0. The third-order valence-electron chi connectivity index (χ3n) is 4.40. The molecule has 1 aliphatic carbocycles. The Morgan fingerprint density at radius 2 is 1.68 bits per heavy atom. The van der Waals surface area contributed by atoms with E-state index in [9.17, 15) is 17.6 Å². The van der Waals surface area contributed by atoms with E-state index in [-0.39, 0.29) is 5.75 Å². The third-order valence-corrected chi connectivity index (χ3v) is 4.40. The standard InChI is InChI=1S/C17H22F4O/c1-2-3-12-4-6-13(7-5-12)14-8-10-15(11-9-14)22-17(20,21)16(18)19/h8-13,16H,2-7H2,1H3. The van der Waals surface area contributed by atoms with Gasteiger partial charge in [0.1, 0.15) is 5.75 Å². The molecular formula is C17H22F4O. The lowest BCUT2D eigenvalue weighted by Crippen LogP contribution is -2.33. The van der Waals surface area contributed by atoms with Crippen molar-refractivity contribution in [1.82, 2.24) is 0 Å². The summed E-state index contributed by atoms with van der Waals surface area (Å²) in [5, 5.41) is 0. The molecule has 0 N–H and O–H groups in total. The lowest BCUT2D eigenvalue weighted by molar-refractivity contribution is -0.253. The molecule has 1 aromatic carbocycles. The van der Waals surface area contributed by atoms with Gasteiger partial charge in [-0.3, -0.25) is 0 Å². The van der Waals surface area contributed by atoms with Gasteiger partial charge in [-0.2, -0.15) is 17.6 Å². The molecular weight excluding hydrogens is 296 g/mol. The summed E-state index contributed by atoms with van der Waals surface area (Å²) in [5.74, 6) is 1.00. The van der Waals surface area contributed by atoms with E-state index < -0.39 is 12.5 Å². The summed E-state index contributed by atoms with van der Waals surface area (Å²) in [6, 6.07) is 6.12. The number of rotatable bonds is 6. The molecule has 0 spiro atoms. The molecule has 0 heterocycles. The highest BCUT2D eigenvalue weighted by Crippen LogP contribution is 2.38. The molecule has 1 saturated carbocycles. The van der Waals surface area contributed by atoms with Gasteiger partial charge in [0.15, 0.2) is 0 Å². The van der Waals surface area contributed by atoms with E-state index in [0.29, 0.717) is 5.92 Å². The van der Waals surface area contributed by atoms with Gasteiger partial charge >= 0.3 is 12.5 Å². The van der Waals surface area contributed by atoms with Crippen LogP contribution in [0.3, 0.4) is 0 Å². The van der Waals surface area contributed by atoms with Crippen LogP contribution in [0.1, 0.15) is 56.9 Å². The van der Waals surface area contributed by atoms with Gasteiger partial charge < -0.3 is 4.74 Å². The molecule has 1 aliphatic rings. The monoisotopic (exact) mass is 318 g/mol. The Hall–Kier alpha value is -1.26. The molecule has 124 valence electrons. The van der Waals surface area contributed by atoms with Crippen LogP contribution in [-0.2, 0) is 0 Å². The predicted octanol–water partition coefficient (Wildman–Crippen LogP) is 6.00. The van der Waals surface area contributed by atoms with Gasteiger partial charge in [0.25, 0.3) is 0 Å². The predicted molar refractivity (Wildman–Crippen MR) is 77.6 cm³/mol. The second-order valence-corrected chi connectivity index (χ2v) is 6.04. The van der Waals surface area contributed by atoms with Crippen molar-refractivity contribution in [1.29, 1.82) is 0 Å². The number of alkyl halides is 4. The Bertz CT molecular complexity index is 450. The van der Waals surface area contributed by atoms with Gasteiger partial charge in [-0.05, 0) is 55.2 Å². The molecule has 0 amide bonds. The van der Waals surface area contributed by atoms with Crippen molar-refractivity contribution in [3.63, 3.8) is 0 Å². The molecule has 0 radical (unpaired) electrons.